The molecule has 78 valence electrons. The van der Waals surface area contributed by atoms with Gasteiger partial charge in [0.2, 0.25) is 0 Å². The molecule has 0 aromatic rings. The maximum absolute atomic E-state index is 6.30. The second-order valence-corrected chi connectivity index (χ2v) is 4.94. The van der Waals surface area contributed by atoms with Crippen molar-refractivity contribution in [1.82, 2.24) is 0 Å². The Morgan fingerprint density at radius 2 is 2.08 bits per heavy atom. The minimum absolute atomic E-state index is 0.145. The van der Waals surface area contributed by atoms with Gasteiger partial charge in [-0.3, -0.25) is 0 Å². The molecular weight excluding hydrogens is 158 g/mol. The molecule has 2 atom stereocenters. The summed E-state index contributed by atoms with van der Waals surface area (Å²) in [5.41, 5.74) is 6.45. The van der Waals surface area contributed by atoms with Crippen molar-refractivity contribution in [2.24, 2.45) is 11.7 Å². The maximum atomic E-state index is 6.30. The van der Waals surface area contributed by atoms with E-state index in [4.69, 9.17) is 5.73 Å². The van der Waals surface area contributed by atoms with Gasteiger partial charge in [0.15, 0.2) is 0 Å². The lowest BCUT2D eigenvalue weighted by Crippen LogP contribution is -2.46. The lowest BCUT2D eigenvalue weighted by Gasteiger charge is -2.38. The highest BCUT2D eigenvalue weighted by Crippen LogP contribution is 2.34. The number of unbranched alkanes of at least 4 members (excludes halogenated alkanes) is 2. The van der Waals surface area contributed by atoms with Crippen LogP contribution < -0.4 is 5.73 Å². The largest absolute Gasteiger partial charge is 0.325 e. The van der Waals surface area contributed by atoms with Crippen LogP contribution in [0.15, 0.2) is 0 Å². The van der Waals surface area contributed by atoms with Crippen LogP contribution in [0, 0.1) is 5.92 Å². The zero-order valence-corrected chi connectivity index (χ0v) is 9.31. The molecule has 0 aliphatic heterocycles. The summed E-state index contributed by atoms with van der Waals surface area (Å²) in [5.74, 6) is 0.799. The molecule has 1 fully saturated rings. The van der Waals surface area contributed by atoms with Crippen LogP contribution >= 0.6 is 0 Å². The fourth-order valence-electron chi connectivity index (χ4n) is 2.55. The molecule has 0 bridgehead atoms. The van der Waals surface area contributed by atoms with Crippen LogP contribution in [-0.2, 0) is 0 Å². The Morgan fingerprint density at radius 3 is 2.69 bits per heavy atom. The first-order valence-electron chi connectivity index (χ1n) is 5.95. The molecule has 0 spiro atoms. The second kappa shape index (κ2) is 4.99. The highest BCUT2D eigenvalue weighted by Gasteiger charge is 2.31. The van der Waals surface area contributed by atoms with E-state index in [1.807, 2.05) is 0 Å². The van der Waals surface area contributed by atoms with Crippen molar-refractivity contribution in [3.63, 3.8) is 0 Å². The highest BCUT2D eigenvalue weighted by atomic mass is 14.7. The van der Waals surface area contributed by atoms with Crippen molar-refractivity contribution >= 4 is 0 Å². The Labute approximate surface area is 83.1 Å². The molecule has 1 nitrogen and oxygen atoms in total. The number of rotatable bonds is 4. The summed E-state index contributed by atoms with van der Waals surface area (Å²) in [7, 11) is 0. The molecule has 0 heterocycles. The third-order valence-electron chi connectivity index (χ3n) is 3.61. The SMILES string of the molecule is CCCCCC1CCCCC1(C)N. The molecule has 13 heavy (non-hydrogen) atoms. The van der Waals surface area contributed by atoms with E-state index >= 15 is 0 Å². The molecule has 0 aromatic carbocycles. The van der Waals surface area contributed by atoms with Gasteiger partial charge >= 0.3 is 0 Å². The Balaban J connectivity index is 2.29. The van der Waals surface area contributed by atoms with Crippen molar-refractivity contribution < 1.29 is 0 Å². The number of nitrogens with two attached hydrogens (primary N) is 1. The van der Waals surface area contributed by atoms with Gasteiger partial charge in [-0.05, 0) is 32.1 Å². The Bertz CT molecular complexity index is 140. The molecule has 1 aliphatic carbocycles. The topological polar surface area (TPSA) is 26.0 Å². The van der Waals surface area contributed by atoms with Gasteiger partial charge in [0.25, 0.3) is 0 Å². The lowest BCUT2D eigenvalue weighted by molar-refractivity contribution is 0.193. The molecule has 0 radical (unpaired) electrons. The molecule has 0 amide bonds. The number of hydrogen-bond donors (Lipinski definition) is 1. The van der Waals surface area contributed by atoms with Crippen molar-refractivity contribution in [2.75, 3.05) is 0 Å². The van der Waals surface area contributed by atoms with Gasteiger partial charge in [-0.1, -0.05) is 39.0 Å². The highest BCUT2D eigenvalue weighted by molar-refractivity contribution is 4.89. The van der Waals surface area contributed by atoms with Crippen molar-refractivity contribution in [1.29, 1.82) is 0 Å². The van der Waals surface area contributed by atoms with E-state index in [1.54, 1.807) is 0 Å². The second-order valence-electron chi connectivity index (χ2n) is 4.94. The standard InChI is InChI=1S/C12H25N/c1-3-4-5-8-11-9-6-7-10-12(11,2)13/h11H,3-10,13H2,1-2H3. The van der Waals surface area contributed by atoms with E-state index in [0.29, 0.717) is 0 Å². The molecular formula is C12H25N. The van der Waals surface area contributed by atoms with E-state index in [9.17, 15) is 0 Å². The molecule has 1 rings (SSSR count). The van der Waals surface area contributed by atoms with Gasteiger partial charge in [-0.2, -0.15) is 0 Å². The summed E-state index contributed by atoms with van der Waals surface area (Å²) >= 11 is 0. The monoisotopic (exact) mass is 183 g/mol. The molecule has 0 saturated heterocycles. The molecule has 1 saturated carbocycles. The average Bonchev–Trinajstić information content (AvgIpc) is 2.08. The first-order chi connectivity index (χ1) is 6.17. The summed E-state index contributed by atoms with van der Waals surface area (Å²) < 4.78 is 0. The van der Waals surface area contributed by atoms with Crippen LogP contribution in [0.3, 0.4) is 0 Å². The fourth-order valence-corrected chi connectivity index (χ4v) is 2.55. The first-order valence-corrected chi connectivity index (χ1v) is 5.95. The molecule has 2 unspecified atom stereocenters. The molecule has 1 aliphatic rings. The van der Waals surface area contributed by atoms with Crippen LogP contribution in [0.4, 0.5) is 0 Å². The molecule has 2 N–H and O–H groups in total. The average molecular weight is 183 g/mol. The van der Waals surface area contributed by atoms with Crippen molar-refractivity contribution in [3.05, 3.63) is 0 Å². The summed E-state index contributed by atoms with van der Waals surface area (Å²) in [6, 6.07) is 0. The van der Waals surface area contributed by atoms with Crippen molar-refractivity contribution in [3.8, 4) is 0 Å². The van der Waals surface area contributed by atoms with E-state index < -0.39 is 0 Å². The Kier molecular flexibility index (Phi) is 4.24. The maximum Gasteiger partial charge on any atom is 0.0154 e. The van der Waals surface area contributed by atoms with Gasteiger partial charge in [0, 0.05) is 5.54 Å². The van der Waals surface area contributed by atoms with Crippen LogP contribution in [0.25, 0.3) is 0 Å². The summed E-state index contributed by atoms with van der Waals surface area (Å²) in [6.45, 7) is 4.52. The van der Waals surface area contributed by atoms with Crippen LogP contribution in [0.2, 0.25) is 0 Å². The van der Waals surface area contributed by atoms with Crippen LogP contribution in [0.1, 0.15) is 65.2 Å². The minimum Gasteiger partial charge on any atom is -0.325 e. The predicted octanol–water partition coefficient (Wildman–Crippen LogP) is 3.47. The van der Waals surface area contributed by atoms with Gasteiger partial charge in [0.05, 0.1) is 0 Å². The van der Waals surface area contributed by atoms with Gasteiger partial charge in [-0.15, -0.1) is 0 Å². The predicted molar refractivity (Wildman–Crippen MR) is 58.7 cm³/mol. The van der Waals surface area contributed by atoms with Crippen LogP contribution in [-0.4, -0.2) is 5.54 Å². The van der Waals surface area contributed by atoms with E-state index in [2.05, 4.69) is 13.8 Å². The quantitative estimate of drug-likeness (QED) is 0.663. The first kappa shape index (κ1) is 11.0. The van der Waals surface area contributed by atoms with E-state index in [0.717, 1.165) is 5.92 Å². The summed E-state index contributed by atoms with van der Waals surface area (Å²) in [6.07, 6.45) is 10.8. The normalized spacial score (nSPS) is 34.8. The van der Waals surface area contributed by atoms with Gasteiger partial charge in [-0.25, -0.2) is 0 Å². The van der Waals surface area contributed by atoms with E-state index in [-0.39, 0.29) is 5.54 Å². The Hall–Kier alpha value is -0.0400. The van der Waals surface area contributed by atoms with Crippen molar-refractivity contribution in [2.45, 2.75) is 70.8 Å². The molecule has 0 aromatic heterocycles. The zero-order chi connectivity index (χ0) is 9.73. The number of hydrogen-bond acceptors (Lipinski definition) is 1. The van der Waals surface area contributed by atoms with Gasteiger partial charge in [0.1, 0.15) is 0 Å². The summed E-state index contributed by atoms with van der Waals surface area (Å²) in [5, 5.41) is 0. The third kappa shape index (κ3) is 3.30. The Morgan fingerprint density at radius 1 is 1.31 bits per heavy atom. The zero-order valence-electron chi connectivity index (χ0n) is 9.31. The van der Waals surface area contributed by atoms with Crippen LogP contribution in [0.5, 0.6) is 0 Å². The van der Waals surface area contributed by atoms with Gasteiger partial charge < -0.3 is 5.73 Å². The fraction of sp³-hybridized carbons (Fsp3) is 1.00. The minimum atomic E-state index is 0.145. The third-order valence-corrected chi connectivity index (χ3v) is 3.61. The smallest absolute Gasteiger partial charge is 0.0154 e. The van der Waals surface area contributed by atoms with E-state index in [1.165, 1.54) is 51.4 Å². The lowest BCUT2D eigenvalue weighted by atomic mass is 9.72. The molecule has 1 heteroatoms. The summed E-state index contributed by atoms with van der Waals surface area (Å²) in [4.78, 5) is 0.